The third-order valence-electron chi connectivity index (χ3n) is 5.14. The zero-order valence-corrected chi connectivity index (χ0v) is 17.3. The van der Waals surface area contributed by atoms with Gasteiger partial charge in [0.05, 0.1) is 24.3 Å². The number of nitrogens with zero attached hydrogens (tertiary/aromatic N) is 1. The molecule has 0 saturated carbocycles. The van der Waals surface area contributed by atoms with Gasteiger partial charge in [0.2, 0.25) is 11.8 Å². The first kappa shape index (κ1) is 21.4. The first-order chi connectivity index (χ1) is 14.5. The number of para-hydroxylation sites is 1. The van der Waals surface area contributed by atoms with Crippen LogP contribution in [0.1, 0.15) is 36.5 Å². The van der Waals surface area contributed by atoms with Gasteiger partial charge in [-0.3, -0.25) is 14.4 Å². The number of ether oxygens (including phenoxy) is 1. The van der Waals surface area contributed by atoms with E-state index in [4.69, 9.17) is 4.74 Å². The van der Waals surface area contributed by atoms with Gasteiger partial charge in [-0.25, -0.2) is 0 Å². The highest BCUT2D eigenvalue weighted by Crippen LogP contribution is 2.23. The molecular weight excluding hydrogens is 382 g/mol. The van der Waals surface area contributed by atoms with E-state index in [1.807, 2.05) is 0 Å². The number of carbonyl (C=O) groups is 3. The molecule has 0 unspecified atom stereocenters. The van der Waals surface area contributed by atoms with E-state index in [9.17, 15) is 14.4 Å². The van der Waals surface area contributed by atoms with E-state index in [0.717, 1.165) is 12.8 Å². The van der Waals surface area contributed by atoms with E-state index in [1.165, 1.54) is 0 Å². The van der Waals surface area contributed by atoms with Crippen molar-refractivity contribution < 1.29 is 19.1 Å². The fraction of sp³-hybridized carbons (Fsp3) is 0.348. The van der Waals surface area contributed by atoms with Gasteiger partial charge < -0.3 is 20.3 Å². The normalized spacial score (nSPS) is 15.7. The Labute approximate surface area is 176 Å². The topological polar surface area (TPSA) is 87.7 Å². The number of likely N-dealkylation sites (tertiary alicyclic amines) is 1. The summed E-state index contributed by atoms with van der Waals surface area (Å²) in [6.07, 6.45) is 2.13. The van der Waals surface area contributed by atoms with E-state index in [-0.39, 0.29) is 24.1 Å². The molecule has 1 atom stereocenters. The Balaban J connectivity index is 1.66. The number of nitrogens with one attached hydrogen (secondary N) is 2. The second kappa shape index (κ2) is 9.91. The van der Waals surface area contributed by atoms with Crippen LogP contribution in [0.25, 0.3) is 0 Å². The lowest BCUT2D eigenvalue weighted by atomic mass is 10.1. The first-order valence-electron chi connectivity index (χ1n) is 10.1. The minimum absolute atomic E-state index is 0.00846. The van der Waals surface area contributed by atoms with Crippen LogP contribution in [0, 0.1) is 5.92 Å². The number of benzene rings is 2. The summed E-state index contributed by atoms with van der Waals surface area (Å²) in [6.45, 7) is 3.17. The van der Waals surface area contributed by atoms with Crippen LogP contribution >= 0.6 is 0 Å². The second-order valence-electron chi connectivity index (χ2n) is 7.31. The Morgan fingerprint density at radius 2 is 1.83 bits per heavy atom. The largest absolute Gasteiger partial charge is 0.497 e. The highest BCUT2D eigenvalue weighted by Gasteiger charge is 2.34. The summed E-state index contributed by atoms with van der Waals surface area (Å²) in [4.78, 5) is 39.4. The van der Waals surface area contributed by atoms with E-state index in [1.54, 1.807) is 60.5 Å². The molecule has 158 valence electrons. The molecule has 3 amide bonds. The lowest BCUT2D eigenvalue weighted by Gasteiger charge is -2.16. The molecule has 1 heterocycles. The van der Waals surface area contributed by atoms with Gasteiger partial charge in [0.15, 0.2) is 0 Å². The Kier molecular flexibility index (Phi) is 7.06. The fourth-order valence-electron chi connectivity index (χ4n) is 3.41. The number of hydrogen-bond acceptors (Lipinski definition) is 4. The van der Waals surface area contributed by atoms with E-state index >= 15 is 0 Å². The summed E-state index contributed by atoms with van der Waals surface area (Å²) in [7, 11) is 1.58. The number of amides is 3. The van der Waals surface area contributed by atoms with Crippen LogP contribution < -0.4 is 15.4 Å². The molecule has 1 aliphatic heterocycles. The van der Waals surface area contributed by atoms with E-state index in [2.05, 4.69) is 17.6 Å². The standard InChI is InChI=1S/C23H27N3O4/c1-3-4-13-26-15-16(14-21(26)27)22(28)25-20-8-6-5-7-19(20)23(29)24-17-9-11-18(30-2)12-10-17/h5-12,16H,3-4,13-15H2,1-2H3,(H,24,29)(H,25,28)/t16-/m0/s1. The van der Waals surface area contributed by atoms with Crippen LogP contribution in [-0.4, -0.2) is 42.8 Å². The summed E-state index contributed by atoms with van der Waals surface area (Å²) < 4.78 is 5.12. The van der Waals surface area contributed by atoms with E-state index in [0.29, 0.717) is 35.8 Å². The molecule has 2 N–H and O–H groups in total. The Hall–Kier alpha value is -3.35. The predicted molar refractivity (Wildman–Crippen MR) is 116 cm³/mol. The number of unbranched alkanes of at least 4 members (excludes halogenated alkanes) is 1. The van der Waals surface area contributed by atoms with Crippen molar-refractivity contribution in [3.8, 4) is 5.75 Å². The lowest BCUT2D eigenvalue weighted by Crippen LogP contribution is -2.29. The molecule has 1 aliphatic rings. The van der Waals surface area contributed by atoms with Crippen LogP contribution in [0.4, 0.5) is 11.4 Å². The summed E-state index contributed by atoms with van der Waals surface area (Å²) in [5, 5.41) is 5.66. The van der Waals surface area contributed by atoms with Crippen molar-refractivity contribution in [1.29, 1.82) is 0 Å². The SMILES string of the molecule is CCCCN1C[C@@H](C(=O)Nc2ccccc2C(=O)Nc2ccc(OC)cc2)CC1=O. The number of carbonyl (C=O) groups excluding carboxylic acids is 3. The summed E-state index contributed by atoms with van der Waals surface area (Å²) >= 11 is 0. The summed E-state index contributed by atoms with van der Waals surface area (Å²) in [5.74, 6) is -0.281. The third-order valence-corrected chi connectivity index (χ3v) is 5.14. The zero-order valence-electron chi connectivity index (χ0n) is 17.3. The minimum Gasteiger partial charge on any atom is -0.497 e. The van der Waals surface area contributed by atoms with Gasteiger partial charge in [-0.1, -0.05) is 25.5 Å². The second-order valence-corrected chi connectivity index (χ2v) is 7.31. The van der Waals surface area contributed by atoms with Crippen LogP contribution in [-0.2, 0) is 9.59 Å². The Morgan fingerprint density at radius 1 is 1.10 bits per heavy atom. The highest BCUT2D eigenvalue weighted by atomic mass is 16.5. The van der Waals surface area contributed by atoms with Crippen molar-refractivity contribution in [2.45, 2.75) is 26.2 Å². The van der Waals surface area contributed by atoms with Crippen molar-refractivity contribution in [1.82, 2.24) is 4.90 Å². The molecule has 0 radical (unpaired) electrons. The highest BCUT2D eigenvalue weighted by molar-refractivity contribution is 6.10. The zero-order chi connectivity index (χ0) is 21.5. The summed E-state index contributed by atoms with van der Waals surface area (Å²) in [5.41, 5.74) is 1.40. The molecule has 7 heteroatoms. The van der Waals surface area contributed by atoms with Gasteiger partial charge in [0, 0.05) is 25.2 Å². The number of methoxy groups -OCH3 is 1. The van der Waals surface area contributed by atoms with Crippen LogP contribution in [0.5, 0.6) is 5.75 Å². The molecule has 2 aromatic carbocycles. The van der Waals surface area contributed by atoms with Gasteiger partial charge in [-0.15, -0.1) is 0 Å². The van der Waals surface area contributed by atoms with Crippen LogP contribution in [0.15, 0.2) is 48.5 Å². The molecule has 0 spiro atoms. The molecule has 7 nitrogen and oxygen atoms in total. The van der Waals surface area contributed by atoms with Crippen LogP contribution in [0.3, 0.4) is 0 Å². The van der Waals surface area contributed by atoms with Crippen molar-refractivity contribution in [3.63, 3.8) is 0 Å². The lowest BCUT2D eigenvalue weighted by molar-refractivity contribution is -0.128. The Morgan fingerprint density at radius 3 is 2.53 bits per heavy atom. The quantitative estimate of drug-likeness (QED) is 0.698. The number of hydrogen-bond donors (Lipinski definition) is 2. The van der Waals surface area contributed by atoms with Crippen molar-refractivity contribution in [2.75, 3.05) is 30.8 Å². The molecule has 0 bridgehead atoms. The molecule has 3 rings (SSSR count). The van der Waals surface area contributed by atoms with Gasteiger partial charge in [0.25, 0.3) is 5.91 Å². The van der Waals surface area contributed by atoms with Crippen LogP contribution in [0.2, 0.25) is 0 Å². The van der Waals surface area contributed by atoms with Gasteiger partial charge in [-0.2, -0.15) is 0 Å². The molecule has 0 aliphatic carbocycles. The average molecular weight is 409 g/mol. The van der Waals surface area contributed by atoms with Gasteiger partial charge >= 0.3 is 0 Å². The third kappa shape index (κ3) is 5.17. The molecule has 30 heavy (non-hydrogen) atoms. The average Bonchev–Trinajstić information content (AvgIpc) is 3.13. The monoisotopic (exact) mass is 409 g/mol. The van der Waals surface area contributed by atoms with Crippen molar-refractivity contribution in [2.24, 2.45) is 5.92 Å². The van der Waals surface area contributed by atoms with Crippen molar-refractivity contribution >= 4 is 29.1 Å². The Bertz CT molecular complexity index is 911. The summed E-state index contributed by atoms with van der Waals surface area (Å²) in [6, 6.07) is 13.8. The predicted octanol–water partition coefficient (Wildman–Crippen LogP) is 3.53. The van der Waals surface area contributed by atoms with E-state index < -0.39 is 5.92 Å². The molecule has 1 saturated heterocycles. The maximum absolute atomic E-state index is 12.8. The number of anilines is 2. The fourth-order valence-corrected chi connectivity index (χ4v) is 3.41. The first-order valence-corrected chi connectivity index (χ1v) is 10.1. The molecule has 1 fully saturated rings. The number of rotatable bonds is 8. The van der Waals surface area contributed by atoms with Gasteiger partial charge in [0.1, 0.15) is 5.75 Å². The maximum Gasteiger partial charge on any atom is 0.257 e. The molecular formula is C23H27N3O4. The van der Waals surface area contributed by atoms with Crippen molar-refractivity contribution in [3.05, 3.63) is 54.1 Å². The minimum atomic E-state index is -0.410. The smallest absolute Gasteiger partial charge is 0.257 e. The molecule has 2 aromatic rings. The maximum atomic E-state index is 12.8. The van der Waals surface area contributed by atoms with Gasteiger partial charge in [-0.05, 0) is 42.8 Å². The molecule has 0 aromatic heterocycles.